The Bertz CT molecular complexity index is 1560. The minimum atomic E-state index is -0.649. The van der Waals surface area contributed by atoms with E-state index in [-0.39, 0.29) is 10.8 Å². The third-order valence-corrected chi connectivity index (χ3v) is 8.79. The maximum Gasteiger partial charge on any atom is 0.0939 e. The number of hydrogen-bond acceptors (Lipinski definition) is 2. The van der Waals surface area contributed by atoms with E-state index in [2.05, 4.69) is 145 Å². The van der Waals surface area contributed by atoms with E-state index in [9.17, 15) is 0 Å². The molecular formula is C34H38N2P2. The lowest BCUT2D eigenvalue weighted by molar-refractivity contribution is 0.520. The van der Waals surface area contributed by atoms with Gasteiger partial charge < -0.3 is 0 Å². The summed E-state index contributed by atoms with van der Waals surface area (Å²) in [6.45, 7) is 13.9. The molecule has 194 valence electrons. The molecule has 4 heteroatoms. The summed E-state index contributed by atoms with van der Waals surface area (Å²) in [6, 6.07) is 30.1. The number of nitrogens with zero attached hydrogens (tertiary/aromatic N) is 2. The highest BCUT2D eigenvalue weighted by Crippen LogP contribution is 2.51. The van der Waals surface area contributed by atoms with Crippen molar-refractivity contribution in [2.45, 2.75) is 63.7 Å². The molecule has 2 unspecified atom stereocenters. The molecule has 5 rings (SSSR count). The van der Waals surface area contributed by atoms with E-state index in [0.29, 0.717) is 0 Å². The molecule has 0 radical (unpaired) electrons. The molecule has 2 atom stereocenters. The molecule has 0 aliphatic carbocycles. The fourth-order valence-electron chi connectivity index (χ4n) is 5.63. The average molecular weight is 537 g/mol. The largest absolute Gasteiger partial charge is 0.251 e. The van der Waals surface area contributed by atoms with Gasteiger partial charge in [-0.25, -0.2) is 0 Å². The first-order valence-electron chi connectivity index (χ1n) is 13.3. The molecular weight excluding hydrogens is 498 g/mol. The maximum absolute atomic E-state index is 5.30. The Kier molecular flexibility index (Phi) is 6.96. The molecule has 0 fully saturated rings. The zero-order chi connectivity index (χ0) is 27.3. The third kappa shape index (κ3) is 4.68. The van der Waals surface area contributed by atoms with Gasteiger partial charge in [0.25, 0.3) is 0 Å². The second kappa shape index (κ2) is 9.82. The van der Waals surface area contributed by atoms with E-state index in [0.717, 1.165) is 39.4 Å². The van der Waals surface area contributed by atoms with Crippen LogP contribution in [0.15, 0.2) is 84.9 Å². The molecule has 0 N–H and O–H groups in total. The summed E-state index contributed by atoms with van der Waals surface area (Å²) in [7, 11) is 6.21. The topological polar surface area (TPSA) is 25.8 Å². The molecule has 2 nitrogen and oxygen atoms in total. The molecule has 2 aromatic heterocycles. The fraction of sp³-hybridized carbons (Fsp3) is 0.294. The summed E-state index contributed by atoms with van der Waals surface area (Å²) >= 11 is 0. The number of aromatic nitrogens is 2. The molecule has 0 aliphatic rings. The molecule has 0 saturated heterocycles. The Labute approximate surface area is 232 Å². The van der Waals surface area contributed by atoms with Crippen molar-refractivity contribution in [1.29, 1.82) is 0 Å². The van der Waals surface area contributed by atoms with Crippen molar-refractivity contribution in [2.24, 2.45) is 0 Å². The summed E-state index contributed by atoms with van der Waals surface area (Å²) in [5, 5.41) is 1.63. The summed E-state index contributed by atoms with van der Waals surface area (Å²) in [6.07, 6.45) is 0.847. The van der Waals surface area contributed by atoms with Gasteiger partial charge >= 0.3 is 0 Å². The van der Waals surface area contributed by atoms with Gasteiger partial charge in [-0.05, 0) is 63.5 Å². The van der Waals surface area contributed by atoms with Crippen molar-refractivity contribution in [1.82, 2.24) is 9.97 Å². The van der Waals surface area contributed by atoms with Gasteiger partial charge in [0.15, 0.2) is 0 Å². The minimum absolute atomic E-state index is 0.0179. The molecule has 2 heterocycles. The van der Waals surface area contributed by atoms with Crippen LogP contribution in [-0.2, 0) is 22.1 Å². The lowest BCUT2D eigenvalue weighted by atomic mass is 9.69. The second-order valence-corrected chi connectivity index (χ2v) is 13.6. The highest BCUT2D eigenvalue weighted by atomic mass is 31.0. The lowest BCUT2D eigenvalue weighted by Gasteiger charge is -2.40. The highest BCUT2D eigenvalue weighted by molar-refractivity contribution is 7.19. The molecule has 38 heavy (non-hydrogen) atoms. The summed E-state index contributed by atoms with van der Waals surface area (Å²) in [5.41, 5.74) is 9.19. The van der Waals surface area contributed by atoms with Crippen LogP contribution in [0.3, 0.4) is 0 Å². The molecule has 3 aromatic carbocycles. The van der Waals surface area contributed by atoms with Crippen molar-refractivity contribution >= 4 is 40.3 Å². The van der Waals surface area contributed by atoms with Crippen LogP contribution < -0.4 is 0 Å². The van der Waals surface area contributed by atoms with E-state index >= 15 is 0 Å². The number of para-hydroxylation sites is 2. The number of fused-ring (bicyclic) bond motifs is 2. The Balaban J connectivity index is 1.96. The Morgan fingerprint density at radius 1 is 0.579 bits per heavy atom. The van der Waals surface area contributed by atoms with Gasteiger partial charge in [0.05, 0.1) is 27.6 Å². The Morgan fingerprint density at radius 2 is 1.08 bits per heavy atom. The standard InChI is InChI=1S/C34H38N2P2/c1-32(2,3)25-18-15-24(21-37)30(31(25)33(4,5)6)34(38,28-19-16-22-11-7-9-13-26(22)35-28)29-20-17-23-12-8-10-14-27(23)36-29/h7-20H,21,37-38H2,1-6H3. The first-order valence-corrected chi connectivity index (χ1v) is 14.7. The van der Waals surface area contributed by atoms with Crippen molar-refractivity contribution in [3.05, 3.63) is 119 Å². The monoisotopic (exact) mass is 536 g/mol. The molecule has 0 bridgehead atoms. The zero-order valence-electron chi connectivity index (χ0n) is 23.3. The average Bonchev–Trinajstić information content (AvgIpc) is 2.90. The smallest absolute Gasteiger partial charge is 0.0939 e. The summed E-state index contributed by atoms with van der Waals surface area (Å²) in [5.74, 6) is 0. The van der Waals surface area contributed by atoms with Gasteiger partial charge in [-0.2, -0.15) is 0 Å². The van der Waals surface area contributed by atoms with Crippen LogP contribution in [0.25, 0.3) is 21.8 Å². The van der Waals surface area contributed by atoms with Gasteiger partial charge in [0.2, 0.25) is 0 Å². The lowest BCUT2D eigenvalue weighted by Crippen LogP contribution is -2.33. The van der Waals surface area contributed by atoms with Crippen molar-refractivity contribution < 1.29 is 0 Å². The van der Waals surface area contributed by atoms with E-state index in [4.69, 9.17) is 9.97 Å². The van der Waals surface area contributed by atoms with Crippen LogP contribution in [-0.4, -0.2) is 9.97 Å². The van der Waals surface area contributed by atoms with E-state index in [1.807, 2.05) is 0 Å². The molecule has 0 amide bonds. The SMILES string of the molecule is CC(C)(C)c1ccc(CP)c(C(P)(c2ccc3ccccc3n2)c2ccc3ccccc3n2)c1C(C)(C)C. The Morgan fingerprint density at radius 3 is 1.53 bits per heavy atom. The number of benzene rings is 3. The third-order valence-electron chi connectivity index (χ3n) is 7.47. The molecule has 5 aromatic rings. The molecule has 0 saturated carbocycles. The summed E-state index contributed by atoms with van der Waals surface area (Å²) < 4.78 is 0. The van der Waals surface area contributed by atoms with Crippen LogP contribution in [0.5, 0.6) is 0 Å². The predicted molar refractivity (Wildman–Crippen MR) is 170 cm³/mol. The predicted octanol–water partition coefficient (Wildman–Crippen LogP) is 8.92. The van der Waals surface area contributed by atoms with E-state index in [1.54, 1.807) is 0 Å². The first kappa shape index (κ1) is 26.9. The fourth-order valence-corrected chi connectivity index (χ4v) is 6.62. The van der Waals surface area contributed by atoms with Gasteiger partial charge in [0, 0.05) is 10.8 Å². The van der Waals surface area contributed by atoms with Crippen LogP contribution >= 0.6 is 18.5 Å². The minimum Gasteiger partial charge on any atom is -0.251 e. The quantitative estimate of drug-likeness (QED) is 0.214. The second-order valence-electron chi connectivity index (χ2n) is 12.3. The Hall–Kier alpha value is -2.66. The normalized spacial score (nSPS) is 12.8. The zero-order valence-corrected chi connectivity index (χ0v) is 25.6. The number of hydrogen-bond donors (Lipinski definition) is 0. The molecule has 0 aliphatic heterocycles. The van der Waals surface area contributed by atoms with Gasteiger partial charge in [-0.1, -0.05) is 102 Å². The van der Waals surface area contributed by atoms with Crippen LogP contribution in [0, 0.1) is 0 Å². The van der Waals surface area contributed by atoms with Crippen molar-refractivity contribution in [3.63, 3.8) is 0 Å². The van der Waals surface area contributed by atoms with Crippen molar-refractivity contribution in [3.8, 4) is 0 Å². The van der Waals surface area contributed by atoms with Gasteiger partial charge in [0.1, 0.15) is 0 Å². The maximum atomic E-state index is 5.30. The number of rotatable bonds is 4. The van der Waals surface area contributed by atoms with Crippen molar-refractivity contribution in [2.75, 3.05) is 0 Å². The van der Waals surface area contributed by atoms with E-state index < -0.39 is 5.16 Å². The first-order chi connectivity index (χ1) is 17.9. The van der Waals surface area contributed by atoms with Crippen LogP contribution in [0.1, 0.15) is 75.2 Å². The van der Waals surface area contributed by atoms with Gasteiger partial charge in [-0.3, -0.25) is 9.97 Å². The van der Waals surface area contributed by atoms with E-state index in [1.165, 1.54) is 22.3 Å². The molecule has 0 spiro atoms. The van der Waals surface area contributed by atoms with Crippen LogP contribution in [0.2, 0.25) is 0 Å². The number of pyridine rings is 2. The summed E-state index contributed by atoms with van der Waals surface area (Å²) in [4.78, 5) is 10.6. The highest BCUT2D eigenvalue weighted by Gasteiger charge is 2.42. The van der Waals surface area contributed by atoms with Gasteiger partial charge in [-0.15, -0.1) is 18.5 Å². The van der Waals surface area contributed by atoms with Crippen LogP contribution in [0.4, 0.5) is 0 Å².